The molecule has 0 aliphatic rings. The largest absolute Gasteiger partial charge is 0.480 e. The number of benzene rings is 1. The number of nitrogens with zero attached hydrogens (tertiary/aromatic N) is 6. The summed E-state index contributed by atoms with van der Waals surface area (Å²) in [6.07, 6.45) is 4.96. The minimum atomic E-state index is -3.66. The van der Waals surface area contributed by atoms with E-state index >= 15 is 0 Å². The van der Waals surface area contributed by atoms with Gasteiger partial charge in [-0.3, -0.25) is 13.9 Å². The van der Waals surface area contributed by atoms with E-state index in [-0.39, 0.29) is 17.4 Å². The Kier molecular flexibility index (Phi) is 6.77. The maximum Gasteiger partial charge on any atom is 0.263 e. The first-order valence-corrected chi connectivity index (χ1v) is 14.9. The molecule has 0 amide bonds. The first kappa shape index (κ1) is 27.8. The van der Waals surface area contributed by atoms with Crippen LogP contribution in [-0.4, -0.2) is 50.9 Å². The second-order valence-corrected chi connectivity index (χ2v) is 11.6. The average molecular weight is 601 g/mol. The number of anilines is 2. The Morgan fingerprint density at radius 1 is 1.05 bits per heavy atom. The molecule has 5 aromatic heterocycles. The van der Waals surface area contributed by atoms with E-state index in [9.17, 15) is 17.6 Å². The molecule has 43 heavy (non-hydrogen) atoms. The van der Waals surface area contributed by atoms with Crippen molar-refractivity contribution in [3.8, 4) is 28.3 Å². The van der Waals surface area contributed by atoms with Gasteiger partial charge in [-0.25, -0.2) is 32.4 Å². The molecule has 0 radical (unpaired) electrons. The molecule has 1 atom stereocenters. The van der Waals surface area contributed by atoms with Gasteiger partial charge in [0.15, 0.2) is 5.65 Å². The quantitative estimate of drug-likeness (QED) is 0.277. The Bertz CT molecular complexity index is 2200. The van der Waals surface area contributed by atoms with E-state index in [0.29, 0.717) is 44.5 Å². The zero-order chi connectivity index (χ0) is 30.5. The lowest BCUT2D eigenvalue weighted by Gasteiger charge is -2.19. The zero-order valence-corrected chi connectivity index (χ0v) is 24.0. The number of sulfonamides is 1. The summed E-state index contributed by atoms with van der Waals surface area (Å²) in [5.41, 5.74) is 9.30. The third-order valence-corrected chi connectivity index (χ3v) is 7.57. The fraction of sp³-hybridized carbons (Fsp3) is 0.138. The number of hydrogen-bond acceptors (Lipinski definition) is 9. The molecule has 5 heterocycles. The molecule has 0 aliphatic heterocycles. The van der Waals surface area contributed by atoms with Crippen molar-refractivity contribution in [2.45, 2.75) is 13.0 Å². The summed E-state index contributed by atoms with van der Waals surface area (Å²) < 4.78 is 48.7. The maximum atomic E-state index is 14.2. The third kappa shape index (κ3) is 5.01. The molecule has 0 unspecified atom stereocenters. The molecular weight excluding hydrogens is 575 g/mol. The Balaban J connectivity index is 1.60. The lowest BCUT2D eigenvalue weighted by atomic mass is 9.96. The minimum Gasteiger partial charge on any atom is -0.480 e. The van der Waals surface area contributed by atoms with E-state index in [1.807, 2.05) is 43.3 Å². The standard InChI is InChI=1S/C29H25FN8O4S/c1-16(21-12-20-10-9-19(30)14-37(20)29(39)23(21)17-7-5-4-6-8-17)38-27-24(26(31)33-15-34-27)25(35-38)18-11-22(36-43(3,40)41)28(42-2)32-13-18/h4-16,36H,1-3H3,(H2,31,33,34)/t16-/m0/s1. The van der Waals surface area contributed by atoms with Gasteiger partial charge >= 0.3 is 0 Å². The number of hydrogen-bond donors (Lipinski definition) is 2. The fourth-order valence-electron chi connectivity index (χ4n) is 5.10. The SMILES string of the molecule is COc1ncc(-c2nn([C@@H](C)c3cc4ccc(F)cn4c(=O)c3-c3ccccc3)c3ncnc(N)c23)cc1NS(C)(=O)=O. The Hall–Kier alpha value is -5.37. The first-order valence-electron chi connectivity index (χ1n) is 13.0. The molecule has 0 spiro atoms. The van der Waals surface area contributed by atoms with Gasteiger partial charge in [0.1, 0.15) is 29.3 Å². The molecule has 1 aromatic carbocycles. The van der Waals surface area contributed by atoms with Gasteiger partial charge in [-0.1, -0.05) is 30.3 Å². The molecule has 14 heteroatoms. The normalized spacial score (nSPS) is 12.5. The van der Waals surface area contributed by atoms with E-state index in [0.717, 1.165) is 12.5 Å². The van der Waals surface area contributed by atoms with Gasteiger partial charge in [-0.2, -0.15) is 5.10 Å². The molecule has 6 rings (SSSR count). The Labute approximate surface area is 244 Å². The molecule has 12 nitrogen and oxygen atoms in total. The second-order valence-electron chi connectivity index (χ2n) is 9.87. The van der Waals surface area contributed by atoms with Crippen LogP contribution in [0.4, 0.5) is 15.9 Å². The molecule has 3 N–H and O–H groups in total. The number of nitrogen functional groups attached to an aromatic ring is 1. The highest BCUT2D eigenvalue weighted by Gasteiger charge is 2.26. The number of nitrogens with one attached hydrogen (secondary N) is 1. The minimum absolute atomic E-state index is 0.0658. The topological polar surface area (TPSA) is 159 Å². The van der Waals surface area contributed by atoms with Gasteiger partial charge < -0.3 is 10.5 Å². The second kappa shape index (κ2) is 10.5. The molecule has 0 bridgehead atoms. The van der Waals surface area contributed by atoms with Crippen LogP contribution in [-0.2, 0) is 10.0 Å². The Morgan fingerprint density at radius 2 is 1.81 bits per heavy atom. The number of nitrogens with two attached hydrogens (primary N) is 1. The summed E-state index contributed by atoms with van der Waals surface area (Å²) in [4.78, 5) is 26.7. The summed E-state index contributed by atoms with van der Waals surface area (Å²) in [6.45, 7) is 1.86. The summed E-state index contributed by atoms with van der Waals surface area (Å²) in [6, 6.07) is 14.7. The van der Waals surface area contributed by atoms with Crippen LogP contribution in [0.15, 0.2) is 78.1 Å². The molecule has 6 aromatic rings. The number of halogens is 1. The number of fused-ring (bicyclic) bond motifs is 2. The molecule has 0 saturated heterocycles. The van der Waals surface area contributed by atoms with Crippen LogP contribution < -0.4 is 20.8 Å². The van der Waals surface area contributed by atoms with Crippen LogP contribution in [0.1, 0.15) is 18.5 Å². The van der Waals surface area contributed by atoms with Crippen molar-refractivity contribution in [2.75, 3.05) is 23.8 Å². The summed E-state index contributed by atoms with van der Waals surface area (Å²) in [5, 5.41) is 5.27. The fourth-order valence-corrected chi connectivity index (χ4v) is 5.64. The molecule has 0 fully saturated rings. The third-order valence-electron chi connectivity index (χ3n) is 6.98. The van der Waals surface area contributed by atoms with Crippen LogP contribution in [0.3, 0.4) is 0 Å². The van der Waals surface area contributed by atoms with Gasteiger partial charge in [0, 0.05) is 23.5 Å². The van der Waals surface area contributed by atoms with Crippen molar-refractivity contribution in [2.24, 2.45) is 0 Å². The number of ether oxygens (including phenoxy) is 1. The van der Waals surface area contributed by atoms with E-state index in [1.165, 1.54) is 42.2 Å². The van der Waals surface area contributed by atoms with Gasteiger partial charge in [-0.15, -0.1) is 0 Å². The highest BCUT2D eigenvalue weighted by Crippen LogP contribution is 2.37. The molecular formula is C29H25FN8O4S. The van der Waals surface area contributed by atoms with Crippen LogP contribution in [0.25, 0.3) is 38.9 Å². The first-order chi connectivity index (χ1) is 20.6. The van der Waals surface area contributed by atoms with E-state index in [2.05, 4.69) is 19.7 Å². The predicted octanol–water partition coefficient (Wildman–Crippen LogP) is 3.88. The predicted molar refractivity (Wildman–Crippen MR) is 161 cm³/mol. The van der Waals surface area contributed by atoms with Crippen molar-refractivity contribution in [1.82, 2.24) is 29.1 Å². The molecule has 0 saturated carbocycles. The Morgan fingerprint density at radius 3 is 2.53 bits per heavy atom. The summed E-state index contributed by atoms with van der Waals surface area (Å²) >= 11 is 0. The number of rotatable bonds is 7. The lowest BCUT2D eigenvalue weighted by Crippen LogP contribution is -2.21. The number of pyridine rings is 3. The zero-order valence-electron chi connectivity index (χ0n) is 23.2. The van der Waals surface area contributed by atoms with Crippen LogP contribution in [0.2, 0.25) is 0 Å². The van der Waals surface area contributed by atoms with Crippen LogP contribution >= 0.6 is 0 Å². The highest BCUT2D eigenvalue weighted by molar-refractivity contribution is 7.92. The maximum absolute atomic E-state index is 14.2. The smallest absolute Gasteiger partial charge is 0.263 e. The monoisotopic (exact) mass is 600 g/mol. The van der Waals surface area contributed by atoms with Gasteiger partial charge in [0.05, 0.1) is 30.4 Å². The van der Waals surface area contributed by atoms with Crippen LogP contribution in [0.5, 0.6) is 5.88 Å². The van der Waals surface area contributed by atoms with Crippen molar-refractivity contribution >= 4 is 38.1 Å². The highest BCUT2D eigenvalue weighted by atomic mass is 32.2. The van der Waals surface area contributed by atoms with E-state index < -0.39 is 27.4 Å². The van der Waals surface area contributed by atoms with E-state index in [4.69, 9.17) is 15.6 Å². The van der Waals surface area contributed by atoms with Crippen molar-refractivity contribution in [3.63, 3.8) is 0 Å². The van der Waals surface area contributed by atoms with Crippen LogP contribution in [0, 0.1) is 5.82 Å². The van der Waals surface area contributed by atoms with E-state index in [1.54, 1.807) is 4.68 Å². The average Bonchev–Trinajstić information content (AvgIpc) is 3.37. The number of methoxy groups -OCH3 is 1. The van der Waals surface area contributed by atoms with Crippen molar-refractivity contribution in [1.29, 1.82) is 0 Å². The summed E-state index contributed by atoms with van der Waals surface area (Å²) in [7, 11) is -2.29. The van der Waals surface area contributed by atoms with Crippen molar-refractivity contribution in [3.05, 3.63) is 95.1 Å². The summed E-state index contributed by atoms with van der Waals surface area (Å²) in [5.74, 6) is -0.331. The number of aromatic nitrogens is 6. The van der Waals surface area contributed by atoms with Gasteiger partial charge in [0.2, 0.25) is 15.9 Å². The lowest BCUT2D eigenvalue weighted by molar-refractivity contribution is 0.400. The molecule has 0 aliphatic carbocycles. The van der Waals surface area contributed by atoms with Gasteiger partial charge in [-0.05, 0) is 42.3 Å². The van der Waals surface area contributed by atoms with Crippen molar-refractivity contribution < 1.29 is 17.5 Å². The van der Waals surface area contributed by atoms with Gasteiger partial charge in [0.25, 0.3) is 5.56 Å². The molecule has 218 valence electrons.